The van der Waals surface area contributed by atoms with Gasteiger partial charge in [-0.3, -0.25) is 33.7 Å². The Kier molecular flexibility index (Phi) is 22.4. The average Bonchev–Trinajstić information content (AvgIpc) is 3.30. The number of nitrogens with two attached hydrogens (primary N) is 1. The van der Waals surface area contributed by atoms with Gasteiger partial charge in [-0.2, -0.15) is 0 Å². The summed E-state index contributed by atoms with van der Waals surface area (Å²) in [5, 5.41) is 10.5. The van der Waals surface area contributed by atoms with Crippen LogP contribution >= 0.6 is 0 Å². The first-order valence-electron chi connectivity index (χ1n) is 16.9. The number of carbonyl (C=O) groups is 7. The maximum absolute atomic E-state index is 13.0. The molecule has 1 heterocycles. The predicted octanol–water partition coefficient (Wildman–Crippen LogP) is -0.745. The molecule has 0 aliphatic carbocycles. The molecule has 0 saturated carbocycles. The molecule has 1 fully saturated rings. The first-order valence-corrected chi connectivity index (χ1v) is 16.9. The molecule has 0 aromatic heterocycles. The van der Waals surface area contributed by atoms with E-state index in [9.17, 15) is 33.6 Å². The fourth-order valence-electron chi connectivity index (χ4n) is 4.90. The summed E-state index contributed by atoms with van der Waals surface area (Å²) in [5.74, 6) is -2.70. The molecule has 1 unspecified atom stereocenters. The van der Waals surface area contributed by atoms with Crippen LogP contribution in [0, 0.1) is 17.8 Å². The lowest BCUT2D eigenvalue weighted by Crippen LogP contribution is -2.46. The van der Waals surface area contributed by atoms with E-state index in [0.717, 1.165) is 4.90 Å². The highest BCUT2D eigenvalue weighted by Crippen LogP contribution is 2.19. The third kappa shape index (κ3) is 19.2. The molecule has 3 atom stereocenters. The lowest BCUT2D eigenvalue weighted by atomic mass is 9.89. The first kappa shape index (κ1) is 43.4. The van der Waals surface area contributed by atoms with Gasteiger partial charge in [0, 0.05) is 64.2 Å². The minimum absolute atomic E-state index is 0.0423. The molecule has 0 bridgehead atoms. The van der Waals surface area contributed by atoms with E-state index in [-0.39, 0.29) is 92.6 Å². The number of carbonyl (C=O) groups excluding carboxylic acids is 7. The zero-order valence-electron chi connectivity index (χ0n) is 29.3. The van der Waals surface area contributed by atoms with E-state index in [0.29, 0.717) is 65.6 Å². The fourth-order valence-corrected chi connectivity index (χ4v) is 4.90. The number of nitrogens with zero attached hydrogens (tertiary/aromatic N) is 1. The lowest BCUT2D eigenvalue weighted by molar-refractivity contribution is -0.139. The minimum atomic E-state index is -0.750. The highest BCUT2D eigenvalue weighted by molar-refractivity contribution is 6.03. The van der Waals surface area contributed by atoms with E-state index >= 15 is 0 Å². The van der Waals surface area contributed by atoms with Crippen LogP contribution in [0.15, 0.2) is 0 Å². The number of Topliss-reactive ketones (excluding diaryl/α,β-unsaturated/α-hetero) is 1. The van der Waals surface area contributed by atoms with E-state index in [1.807, 2.05) is 13.8 Å². The number of urea groups is 1. The summed E-state index contributed by atoms with van der Waals surface area (Å²) in [6.07, 6.45) is 1.11. The average molecular weight is 701 g/mol. The van der Waals surface area contributed by atoms with Gasteiger partial charge in [0.1, 0.15) is 0 Å². The number of hydrogen-bond donors (Lipinski definition) is 5. The van der Waals surface area contributed by atoms with Crippen LogP contribution in [0.2, 0.25) is 0 Å². The molecule has 0 radical (unpaired) electrons. The molecule has 1 aliphatic rings. The van der Waals surface area contributed by atoms with Crippen molar-refractivity contribution in [1.29, 1.82) is 0 Å². The molecule has 1 rings (SSSR count). The number of nitrogens with one attached hydrogen (secondary N) is 4. The molecule has 7 amide bonds. The van der Waals surface area contributed by atoms with Crippen LogP contribution in [-0.2, 0) is 47.7 Å². The smallest absolute Gasteiger partial charge is 0.312 e. The number of rotatable bonds is 28. The zero-order valence-corrected chi connectivity index (χ0v) is 29.3. The number of ether oxygens (including phenoxy) is 4. The van der Waals surface area contributed by atoms with Crippen molar-refractivity contribution in [3.8, 4) is 0 Å². The molecule has 0 aromatic rings. The number of ketones is 1. The van der Waals surface area contributed by atoms with Crippen molar-refractivity contribution in [3.63, 3.8) is 0 Å². The summed E-state index contributed by atoms with van der Waals surface area (Å²) in [6, 6.07) is -1.41. The van der Waals surface area contributed by atoms with Crippen molar-refractivity contribution in [2.75, 3.05) is 79.5 Å². The summed E-state index contributed by atoms with van der Waals surface area (Å²) in [4.78, 5) is 85.3. The van der Waals surface area contributed by atoms with Gasteiger partial charge >= 0.3 is 6.03 Å². The van der Waals surface area contributed by atoms with Gasteiger partial charge in [0.25, 0.3) is 0 Å². The van der Waals surface area contributed by atoms with E-state index in [2.05, 4.69) is 21.3 Å². The summed E-state index contributed by atoms with van der Waals surface area (Å²) < 4.78 is 21.7. The van der Waals surface area contributed by atoms with Crippen LogP contribution in [0.4, 0.5) is 4.79 Å². The number of likely N-dealkylation sites (tertiary alicyclic amines) is 1. The minimum Gasteiger partial charge on any atom is -0.379 e. The third-order valence-corrected chi connectivity index (χ3v) is 7.61. The van der Waals surface area contributed by atoms with Gasteiger partial charge in [-0.25, -0.2) is 4.79 Å². The molecule has 1 saturated heterocycles. The fraction of sp³-hybridized carbons (Fsp3) is 0.781. The van der Waals surface area contributed by atoms with Crippen molar-refractivity contribution in [2.45, 2.75) is 65.3 Å². The van der Waals surface area contributed by atoms with Crippen LogP contribution in [0.1, 0.15) is 59.3 Å². The first-order chi connectivity index (χ1) is 23.4. The summed E-state index contributed by atoms with van der Waals surface area (Å²) >= 11 is 0. The van der Waals surface area contributed by atoms with Crippen molar-refractivity contribution in [1.82, 2.24) is 26.2 Å². The zero-order chi connectivity index (χ0) is 36.6. The normalized spacial score (nSPS) is 15.6. The topological polar surface area (TPSA) is 234 Å². The van der Waals surface area contributed by atoms with Gasteiger partial charge in [-0.05, 0) is 18.8 Å². The van der Waals surface area contributed by atoms with E-state index in [1.165, 1.54) is 7.05 Å². The van der Waals surface area contributed by atoms with E-state index < -0.39 is 18.0 Å². The Hall–Kier alpha value is -3.67. The standard InChI is InChI=1S/C32H56N6O11/c1-22(2)29(25(39)21-24(30(43)34-4)6-5-9-36-32(33)45)37-27(41)8-12-46-14-16-48-18-19-49-17-15-47-13-10-35-26(40)7-11-38-28(42)20-23(3)31(38)44/h22-24,29H,5-21H2,1-4H3,(H,34,43)(H,35,40)(H,37,41)(H3,33,36,45)/t23?,24-,29+/m1/s1. The molecule has 6 N–H and O–H groups in total. The molecule has 17 heteroatoms. The summed E-state index contributed by atoms with van der Waals surface area (Å²) in [7, 11) is 1.49. The molecule has 49 heavy (non-hydrogen) atoms. The number of primary amides is 1. The predicted molar refractivity (Wildman–Crippen MR) is 177 cm³/mol. The monoisotopic (exact) mass is 700 g/mol. The van der Waals surface area contributed by atoms with Gasteiger partial charge in [0.2, 0.25) is 29.5 Å². The molecule has 0 aromatic carbocycles. The quantitative estimate of drug-likeness (QED) is 0.0503. The lowest BCUT2D eigenvalue weighted by Gasteiger charge is -2.23. The van der Waals surface area contributed by atoms with Gasteiger partial charge in [0.05, 0.1) is 58.9 Å². The molecule has 1 aliphatic heterocycles. The number of amides is 7. The Morgan fingerprint density at radius 1 is 0.837 bits per heavy atom. The van der Waals surface area contributed by atoms with Crippen LogP contribution in [-0.4, -0.2) is 132 Å². The van der Waals surface area contributed by atoms with E-state index in [1.54, 1.807) is 6.92 Å². The second-order valence-electron chi connectivity index (χ2n) is 12.0. The second-order valence-corrected chi connectivity index (χ2v) is 12.0. The molecular weight excluding hydrogens is 644 g/mol. The highest BCUT2D eigenvalue weighted by atomic mass is 16.6. The van der Waals surface area contributed by atoms with E-state index in [4.69, 9.17) is 24.7 Å². The summed E-state index contributed by atoms with van der Waals surface area (Å²) in [6.45, 7) is 8.42. The maximum atomic E-state index is 13.0. The third-order valence-electron chi connectivity index (χ3n) is 7.61. The van der Waals surface area contributed by atoms with Crippen molar-refractivity contribution < 1.29 is 52.5 Å². The Balaban J connectivity index is 2.07. The maximum Gasteiger partial charge on any atom is 0.312 e. The molecule has 17 nitrogen and oxygen atoms in total. The van der Waals surface area contributed by atoms with Gasteiger partial charge < -0.3 is 45.9 Å². The molecule has 0 spiro atoms. The number of imide groups is 1. The van der Waals surface area contributed by atoms with Crippen molar-refractivity contribution in [3.05, 3.63) is 0 Å². The van der Waals surface area contributed by atoms with Crippen LogP contribution in [0.5, 0.6) is 0 Å². The van der Waals surface area contributed by atoms with Crippen molar-refractivity contribution >= 4 is 41.4 Å². The largest absolute Gasteiger partial charge is 0.379 e. The van der Waals surface area contributed by atoms with Gasteiger partial charge in [0.15, 0.2) is 5.78 Å². The molecular formula is C32H56N6O11. The van der Waals surface area contributed by atoms with Gasteiger partial charge in [-0.1, -0.05) is 20.8 Å². The van der Waals surface area contributed by atoms with Crippen LogP contribution in [0.3, 0.4) is 0 Å². The Labute approximate surface area is 288 Å². The van der Waals surface area contributed by atoms with Crippen LogP contribution in [0.25, 0.3) is 0 Å². The van der Waals surface area contributed by atoms with Crippen molar-refractivity contribution in [2.24, 2.45) is 23.5 Å². The Bertz CT molecular complexity index is 1070. The highest BCUT2D eigenvalue weighted by Gasteiger charge is 2.35. The van der Waals surface area contributed by atoms with Crippen LogP contribution < -0.4 is 27.0 Å². The second kappa shape index (κ2) is 25.3. The summed E-state index contributed by atoms with van der Waals surface area (Å²) in [5.41, 5.74) is 5.06. The SMILES string of the molecule is CNC(=O)[C@H](CCCNC(N)=O)CC(=O)[C@@H](NC(=O)CCOCCOCCOCCOCCNC(=O)CCN1C(=O)CC(C)C1=O)C(C)C. The number of hydrogen-bond acceptors (Lipinski definition) is 11. The van der Waals surface area contributed by atoms with Gasteiger partial charge in [-0.15, -0.1) is 0 Å². The Morgan fingerprint density at radius 3 is 1.96 bits per heavy atom. The molecule has 280 valence electrons. The Morgan fingerprint density at radius 2 is 1.43 bits per heavy atom.